The van der Waals surface area contributed by atoms with E-state index in [0.29, 0.717) is 12.7 Å². The zero-order chi connectivity index (χ0) is 11.8. The molecule has 1 aliphatic rings. The molecule has 2 rings (SSSR count). The Morgan fingerprint density at radius 1 is 1.44 bits per heavy atom. The molecule has 1 heterocycles. The third-order valence-electron chi connectivity index (χ3n) is 2.11. The van der Waals surface area contributed by atoms with Crippen molar-refractivity contribution in [3.05, 3.63) is 23.8 Å². The van der Waals surface area contributed by atoms with Gasteiger partial charge in [-0.2, -0.15) is 13.2 Å². The number of alkyl halides is 3. The highest BCUT2D eigenvalue weighted by Crippen LogP contribution is 2.35. The lowest BCUT2D eigenvalue weighted by Crippen LogP contribution is -2.07. The predicted octanol–water partition coefficient (Wildman–Crippen LogP) is 2.19. The van der Waals surface area contributed by atoms with Gasteiger partial charge in [0.1, 0.15) is 12.7 Å². The fourth-order valence-electron chi connectivity index (χ4n) is 1.16. The minimum Gasteiger partial charge on any atom is -0.504 e. The number of benzene rings is 1. The normalized spacial score (nSPS) is 19.6. The lowest BCUT2D eigenvalue weighted by atomic mass is 10.2. The molecule has 3 nitrogen and oxygen atoms in total. The lowest BCUT2D eigenvalue weighted by Gasteiger charge is -2.10. The van der Waals surface area contributed by atoms with Crippen molar-refractivity contribution >= 4 is 0 Å². The molecular formula is C10H9F3O3. The van der Waals surface area contributed by atoms with Gasteiger partial charge in [-0.05, 0) is 18.2 Å². The minimum absolute atomic E-state index is 0.0123. The second-order valence-electron chi connectivity index (χ2n) is 3.45. The van der Waals surface area contributed by atoms with E-state index in [0.717, 1.165) is 12.1 Å². The fourth-order valence-corrected chi connectivity index (χ4v) is 1.16. The van der Waals surface area contributed by atoms with E-state index in [9.17, 15) is 18.3 Å². The Balaban J connectivity index is 2.09. The Labute approximate surface area is 89.4 Å². The Morgan fingerprint density at radius 2 is 2.12 bits per heavy atom. The Kier molecular flexibility index (Phi) is 2.67. The first-order valence-corrected chi connectivity index (χ1v) is 4.61. The summed E-state index contributed by atoms with van der Waals surface area (Å²) in [6.07, 6.45) is -4.48. The third kappa shape index (κ3) is 2.57. The monoisotopic (exact) mass is 234 g/mol. The molecule has 0 spiro atoms. The van der Waals surface area contributed by atoms with Crippen molar-refractivity contribution in [2.45, 2.75) is 12.3 Å². The van der Waals surface area contributed by atoms with Gasteiger partial charge in [-0.25, -0.2) is 0 Å². The first-order chi connectivity index (χ1) is 7.47. The number of rotatable bonds is 3. The Morgan fingerprint density at radius 3 is 2.62 bits per heavy atom. The summed E-state index contributed by atoms with van der Waals surface area (Å²) in [5.74, 6) is -0.487. The predicted molar refractivity (Wildman–Crippen MR) is 48.3 cm³/mol. The van der Waals surface area contributed by atoms with Crippen LogP contribution in [0.1, 0.15) is 5.56 Å². The SMILES string of the molecule is Oc1cc(C(F)(F)F)ccc1OCC1CO1. The van der Waals surface area contributed by atoms with Crippen molar-refractivity contribution in [1.82, 2.24) is 0 Å². The van der Waals surface area contributed by atoms with Gasteiger partial charge in [-0.15, -0.1) is 0 Å². The smallest absolute Gasteiger partial charge is 0.416 e. The number of halogens is 3. The van der Waals surface area contributed by atoms with E-state index >= 15 is 0 Å². The van der Waals surface area contributed by atoms with Crippen LogP contribution in [0.2, 0.25) is 0 Å². The van der Waals surface area contributed by atoms with E-state index < -0.39 is 17.5 Å². The largest absolute Gasteiger partial charge is 0.504 e. The van der Waals surface area contributed by atoms with Gasteiger partial charge in [0.2, 0.25) is 0 Å². The van der Waals surface area contributed by atoms with Crippen LogP contribution in [0.4, 0.5) is 13.2 Å². The standard InChI is InChI=1S/C10H9F3O3/c11-10(12,13)6-1-2-9(8(14)3-6)16-5-7-4-15-7/h1-3,7,14H,4-5H2. The summed E-state index contributed by atoms with van der Waals surface area (Å²) in [7, 11) is 0. The quantitative estimate of drug-likeness (QED) is 0.815. The van der Waals surface area contributed by atoms with Crippen LogP contribution >= 0.6 is 0 Å². The highest BCUT2D eigenvalue weighted by molar-refractivity contribution is 5.42. The van der Waals surface area contributed by atoms with Crippen LogP contribution in [0, 0.1) is 0 Å². The fraction of sp³-hybridized carbons (Fsp3) is 0.400. The van der Waals surface area contributed by atoms with Crippen molar-refractivity contribution in [1.29, 1.82) is 0 Å². The second kappa shape index (κ2) is 3.86. The summed E-state index contributed by atoms with van der Waals surface area (Å²) in [6.45, 7) is 0.820. The number of phenolic OH excluding ortho intramolecular Hbond substituents is 1. The molecule has 1 fully saturated rings. The summed E-state index contributed by atoms with van der Waals surface area (Å²) >= 11 is 0. The summed E-state index contributed by atoms with van der Waals surface area (Å²) in [5.41, 5.74) is -0.903. The third-order valence-corrected chi connectivity index (χ3v) is 2.11. The number of epoxide rings is 1. The Bertz CT molecular complexity index is 385. The molecule has 1 saturated heterocycles. The van der Waals surface area contributed by atoms with Gasteiger partial charge in [-0.1, -0.05) is 0 Å². The first-order valence-electron chi connectivity index (χ1n) is 4.61. The van der Waals surface area contributed by atoms with Gasteiger partial charge in [0.25, 0.3) is 0 Å². The molecule has 1 aromatic carbocycles. The van der Waals surface area contributed by atoms with Gasteiger partial charge >= 0.3 is 6.18 Å². The zero-order valence-electron chi connectivity index (χ0n) is 8.12. The Hall–Kier alpha value is -1.43. The molecule has 0 radical (unpaired) electrons. The van der Waals surface area contributed by atoms with Crippen LogP contribution < -0.4 is 4.74 Å². The molecule has 0 aromatic heterocycles. The van der Waals surface area contributed by atoms with Crippen LogP contribution in [0.3, 0.4) is 0 Å². The molecule has 0 aliphatic carbocycles. The molecule has 16 heavy (non-hydrogen) atoms. The molecule has 1 N–H and O–H groups in total. The van der Waals surface area contributed by atoms with Crippen LogP contribution in [0.15, 0.2) is 18.2 Å². The molecule has 0 bridgehead atoms. The van der Waals surface area contributed by atoms with Gasteiger partial charge in [0.05, 0.1) is 12.2 Å². The number of phenols is 1. The number of hydrogen-bond donors (Lipinski definition) is 1. The van der Waals surface area contributed by atoms with Crippen molar-refractivity contribution in [2.24, 2.45) is 0 Å². The molecule has 1 atom stereocenters. The van der Waals surface area contributed by atoms with E-state index in [2.05, 4.69) is 0 Å². The highest BCUT2D eigenvalue weighted by atomic mass is 19.4. The maximum absolute atomic E-state index is 12.3. The average molecular weight is 234 g/mol. The number of ether oxygens (including phenoxy) is 2. The van der Waals surface area contributed by atoms with Crippen molar-refractivity contribution in [3.63, 3.8) is 0 Å². The summed E-state index contributed by atoms with van der Waals surface area (Å²) in [6, 6.07) is 2.60. The van der Waals surface area contributed by atoms with Crippen LogP contribution in [-0.2, 0) is 10.9 Å². The molecule has 1 aliphatic heterocycles. The van der Waals surface area contributed by atoms with Gasteiger partial charge < -0.3 is 14.6 Å². The van der Waals surface area contributed by atoms with E-state index in [-0.39, 0.29) is 18.5 Å². The summed E-state index contributed by atoms with van der Waals surface area (Å²) in [4.78, 5) is 0. The summed E-state index contributed by atoms with van der Waals surface area (Å²) in [5, 5.41) is 9.32. The maximum atomic E-state index is 12.3. The van der Waals surface area contributed by atoms with Crippen LogP contribution in [0.5, 0.6) is 11.5 Å². The lowest BCUT2D eigenvalue weighted by molar-refractivity contribution is -0.137. The maximum Gasteiger partial charge on any atom is 0.416 e. The number of aromatic hydroxyl groups is 1. The molecule has 88 valence electrons. The molecule has 1 unspecified atom stereocenters. The van der Waals surface area contributed by atoms with Gasteiger partial charge in [-0.3, -0.25) is 0 Å². The van der Waals surface area contributed by atoms with E-state index in [4.69, 9.17) is 9.47 Å². The van der Waals surface area contributed by atoms with Gasteiger partial charge in [0.15, 0.2) is 11.5 Å². The summed E-state index contributed by atoms with van der Waals surface area (Å²) < 4.78 is 46.7. The topological polar surface area (TPSA) is 42.0 Å². The highest BCUT2D eigenvalue weighted by Gasteiger charge is 2.31. The van der Waals surface area contributed by atoms with Crippen LogP contribution in [0.25, 0.3) is 0 Å². The molecular weight excluding hydrogens is 225 g/mol. The van der Waals surface area contributed by atoms with Gasteiger partial charge in [0, 0.05) is 0 Å². The molecule has 0 amide bonds. The van der Waals surface area contributed by atoms with E-state index in [1.54, 1.807) is 0 Å². The van der Waals surface area contributed by atoms with E-state index in [1.807, 2.05) is 0 Å². The molecule has 0 saturated carbocycles. The van der Waals surface area contributed by atoms with E-state index in [1.165, 1.54) is 0 Å². The average Bonchev–Trinajstić information content (AvgIpc) is 2.98. The number of hydrogen-bond acceptors (Lipinski definition) is 3. The second-order valence-corrected chi connectivity index (χ2v) is 3.45. The zero-order valence-corrected chi connectivity index (χ0v) is 8.12. The first kappa shape index (κ1) is 11.1. The molecule has 1 aromatic rings. The minimum atomic E-state index is -4.46. The molecule has 6 heteroatoms. The van der Waals surface area contributed by atoms with Crippen molar-refractivity contribution < 1.29 is 27.8 Å². The van der Waals surface area contributed by atoms with Crippen molar-refractivity contribution in [3.8, 4) is 11.5 Å². The van der Waals surface area contributed by atoms with Crippen LogP contribution in [-0.4, -0.2) is 24.4 Å². The van der Waals surface area contributed by atoms with Crippen molar-refractivity contribution in [2.75, 3.05) is 13.2 Å².